The van der Waals surface area contributed by atoms with Gasteiger partial charge in [0.2, 0.25) is 0 Å². The Hall–Kier alpha value is -0.860. The summed E-state index contributed by atoms with van der Waals surface area (Å²) < 4.78 is 5.48. The third-order valence-corrected chi connectivity index (χ3v) is 2.85. The molecule has 0 bridgehead atoms. The Kier molecular flexibility index (Phi) is 7.69. The van der Waals surface area contributed by atoms with Crippen LogP contribution in [0.5, 0.6) is 0 Å². The van der Waals surface area contributed by atoms with Gasteiger partial charge in [0.25, 0.3) is 0 Å². The Labute approximate surface area is 105 Å². The van der Waals surface area contributed by atoms with Gasteiger partial charge in [-0.15, -0.1) is 0 Å². The lowest BCUT2D eigenvalue weighted by Gasteiger charge is -2.10. The van der Waals surface area contributed by atoms with Crippen LogP contribution < -0.4 is 5.32 Å². The molecule has 0 spiro atoms. The first-order chi connectivity index (χ1) is 8.38. The molecule has 0 amide bonds. The van der Waals surface area contributed by atoms with Gasteiger partial charge in [-0.1, -0.05) is 44.0 Å². The van der Waals surface area contributed by atoms with Crippen LogP contribution in [0.25, 0.3) is 0 Å². The Bertz CT molecular complexity index is 299. The minimum atomic E-state index is 0.726. The van der Waals surface area contributed by atoms with Gasteiger partial charge in [-0.3, -0.25) is 0 Å². The summed E-state index contributed by atoms with van der Waals surface area (Å²) >= 11 is 0. The lowest BCUT2D eigenvalue weighted by atomic mass is 10.1. The summed E-state index contributed by atoms with van der Waals surface area (Å²) in [7, 11) is 0. The minimum absolute atomic E-state index is 0.726. The highest BCUT2D eigenvalue weighted by Gasteiger charge is 2.00. The largest absolute Gasteiger partial charge is 0.377 e. The molecule has 96 valence electrons. The maximum absolute atomic E-state index is 5.48. The van der Waals surface area contributed by atoms with Gasteiger partial charge in [0.1, 0.15) is 0 Å². The van der Waals surface area contributed by atoms with Crippen molar-refractivity contribution in [3.8, 4) is 0 Å². The molecule has 2 heteroatoms. The van der Waals surface area contributed by atoms with E-state index >= 15 is 0 Å². The van der Waals surface area contributed by atoms with Gasteiger partial charge in [-0.2, -0.15) is 0 Å². The van der Waals surface area contributed by atoms with E-state index in [1.807, 2.05) is 6.92 Å². The third kappa shape index (κ3) is 5.85. The van der Waals surface area contributed by atoms with E-state index in [1.54, 1.807) is 0 Å². The van der Waals surface area contributed by atoms with Crippen LogP contribution in [0.3, 0.4) is 0 Å². The van der Waals surface area contributed by atoms with Crippen molar-refractivity contribution in [1.82, 2.24) is 5.32 Å². The summed E-state index contributed by atoms with van der Waals surface area (Å²) in [6.07, 6.45) is 3.86. The van der Waals surface area contributed by atoms with Crippen molar-refractivity contribution in [2.24, 2.45) is 0 Å². The molecule has 17 heavy (non-hydrogen) atoms. The fraction of sp³-hybridized carbons (Fsp3) is 0.600. The zero-order valence-electron chi connectivity index (χ0n) is 11.2. The molecule has 0 saturated carbocycles. The van der Waals surface area contributed by atoms with Gasteiger partial charge in [0.15, 0.2) is 0 Å². The number of benzene rings is 1. The molecule has 0 heterocycles. The highest BCUT2D eigenvalue weighted by Crippen LogP contribution is 2.10. The smallest absolute Gasteiger partial charge is 0.0719 e. The van der Waals surface area contributed by atoms with Gasteiger partial charge < -0.3 is 10.1 Å². The molecule has 2 nitrogen and oxygen atoms in total. The van der Waals surface area contributed by atoms with Crippen LogP contribution >= 0.6 is 0 Å². The molecule has 1 aromatic carbocycles. The predicted octanol–water partition coefficient (Wildman–Crippen LogP) is 3.50. The summed E-state index contributed by atoms with van der Waals surface area (Å²) in [6.45, 7) is 7.83. The Morgan fingerprint density at radius 3 is 2.53 bits per heavy atom. The minimum Gasteiger partial charge on any atom is -0.377 e. The molecule has 0 aromatic heterocycles. The first-order valence-electron chi connectivity index (χ1n) is 6.73. The van der Waals surface area contributed by atoms with Crippen molar-refractivity contribution in [3.05, 3.63) is 35.4 Å². The molecule has 0 aliphatic rings. The summed E-state index contributed by atoms with van der Waals surface area (Å²) in [5.74, 6) is 0. The van der Waals surface area contributed by atoms with E-state index in [0.717, 1.165) is 26.3 Å². The molecular weight excluding hydrogens is 210 g/mol. The first-order valence-corrected chi connectivity index (χ1v) is 6.73. The topological polar surface area (TPSA) is 21.3 Å². The van der Waals surface area contributed by atoms with Gasteiger partial charge in [-0.25, -0.2) is 0 Å². The monoisotopic (exact) mass is 235 g/mol. The highest BCUT2D eigenvalue weighted by atomic mass is 16.5. The number of ether oxygens (including phenoxy) is 1. The lowest BCUT2D eigenvalue weighted by Crippen LogP contribution is -2.16. The van der Waals surface area contributed by atoms with Gasteiger partial charge in [-0.05, 0) is 31.0 Å². The molecule has 0 atom stereocenters. The number of rotatable bonds is 9. The Balaban J connectivity index is 2.35. The first kappa shape index (κ1) is 14.2. The second-order valence-electron chi connectivity index (χ2n) is 4.29. The lowest BCUT2D eigenvalue weighted by molar-refractivity contribution is 0.133. The van der Waals surface area contributed by atoms with Crippen molar-refractivity contribution >= 4 is 0 Å². The summed E-state index contributed by atoms with van der Waals surface area (Å²) in [5.41, 5.74) is 2.66. The fourth-order valence-corrected chi connectivity index (χ4v) is 1.81. The zero-order chi connectivity index (χ0) is 12.3. The molecule has 1 N–H and O–H groups in total. The van der Waals surface area contributed by atoms with E-state index in [9.17, 15) is 0 Å². The quantitative estimate of drug-likeness (QED) is 0.661. The van der Waals surface area contributed by atoms with Crippen molar-refractivity contribution in [3.63, 3.8) is 0 Å². The normalized spacial score (nSPS) is 10.7. The van der Waals surface area contributed by atoms with Crippen LogP contribution in [-0.2, 0) is 17.9 Å². The molecular formula is C15H25NO. The maximum atomic E-state index is 5.48. The average Bonchev–Trinajstić information content (AvgIpc) is 2.37. The second-order valence-corrected chi connectivity index (χ2v) is 4.29. The Morgan fingerprint density at radius 1 is 1.06 bits per heavy atom. The molecule has 0 fully saturated rings. The van der Waals surface area contributed by atoms with Crippen LogP contribution in [-0.4, -0.2) is 13.2 Å². The van der Waals surface area contributed by atoms with E-state index in [4.69, 9.17) is 4.74 Å². The van der Waals surface area contributed by atoms with E-state index < -0.39 is 0 Å². The molecule has 0 aliphatic carbocycles. The van der Waals surface area contributed by atoms with Gasteiger partial charge in [0.05, 0.1) is 6.61 Å². The van der Waals surface area contributed by atoms with Crippen molar-refractivity contribution in [2.45, 2.75) is 46.3 Å². The Morgan fingerprint density at radius 2 is 1.82 bits per heavy atom. The zero-order valence-corrected chi connectivity index (χ0v) is 11.2. The molecule has 0 radical (unpaired) electrons. The van der Waals surface area contributed by atoms with E-state index in [1.165, 1.54) is 30.4 Å². The summed E-state index contributed by atoms with van der Waals surface area (Å²) in [6, 6.07) is 8.51. The maximum Gasteiger partial charge on any atom is 0.0719 e. The third-order valence-electron chi connectivity index (χ3n) is 2.85. The van der Waals surface area contributed by atoms with E-state index in [0.29, 0.717) is 0 Å². The van der Waals surface area contributed by atoms with Crippen LogP contribution in [0.2, 0.25) is 0 Å². The average molecular weight is 235 g/mol. The summed E-state index contributed by atoms with van der Waals surface area (Å²) in [4.78, 5) is 0. The number of nitrogens with one attached hydrogen (secondary N) is 1. The number of hydrogen-bond donors (Lipinski definition) is 1. The van der Waals surface area contributed by atoms with Crippen LogP contribution in [0.1, 0.15) is 44.2 Å². The standard InChI is InChI=1S/C15H25NO/c1-3-5-8-11-16-12-14-9-6-7-10-15(14)13-17-4-2/h6-7,9-10,16H,3-5,8,11-13H2,1-2H3. The second kappa shape index (κ2) is 9.20. The molecule has 0 unspecified atom stereocenters. The SMILES string of the molecule is CCCCCNCc1ccccc1COCC. The molecule has 0 aliphatic heterocycles. The predicted molar refractivity (Wildman–Crippen MR) is 73.0 cm³/mol. The number of unbranched alkanes of at least 4 members (excludes halogenated alkanes) is 2. The van der Waals surface area contributed by atoms with E-state index in [-0.39, 0.29) is 0 Å². The fourth-order valence-electron chi connectivity index (χ4n) is 1.81. The molecule has 1 rings (SSSR count). The van der Waals surface area contributed by atoms with Crippen molar-refractivity contribution < 1.29 is 4.74 Å². The molecule has 1 aromatic rings. The number of hydrogen-bond acceptors (Lipinski definition) is 2. The van der Waals surface area contributed by atoms with Crippen LogP contribution in [0.15, 0.2) is 24.3 Å². The highest BCUT2D eigenvalue weighted by molar-refractivity contribution is 5.26. The van der Waals surface area contributed by atoms with Gasteiger partial charge in [0, 0.05) is 13.2 Å². The van der Waals surface area contributed by atoms with E-state index in [2.05, 4.69) is 36.5 Å². The molecule has 0 saturated heterocycles. The van der Waals surface area contributed by atoms with Crippen molar-refractivity contribution in [2.75, 3.05) is 13.2 Å². The summed E-state index contributed by atoms with van der Waals surface area (Å²) in [5, 5.41) is 3.50. The van der Waals surface area contributed by atoms with Crippen LogP contribution in [0.4, 0.5) is 0 Å². The van der Waals surface area contributed by atoms with Crippen molar-refractivity contribution in [1.29, 1.82) is 0 Å². The van der Waals surface area contributed by atoms with Gasteiger partial charge >= 0.3 is 0 Å². The van der Waals surface area contributed by atoms with Crippen LogP contribution in [0, 0.1) is 0 Å².